The molecule has 0 spiro atoms. The molecular formula is C20H20N2O5S. The molecule has 28 heavy (non-hydrogen) atoms. The van der Waals surface area contributed by atoms with Crippen molar-refractivity contribution in [1.82, 2.24) is 9.97 Å². The van der Waals surface area contributed by atoms with Gasteiger partial charge < -0.3 is 19.2 Å². The Balaban J connectivity index is 1.71. The highest BCUT2D eigenvalue weighted by Crippen LogP contribution is 2.27. The highest BCUT2D eigenvalue weighted by Gasteiger charge is 2.23. The number of carbonyl (C=O) groups excluding carboxylic acids is 2. The van der Waals surface area contributed by atoms with E-state index in [-0.39, 0.29) is 12.3 Å². The SMILES string of the molecule is COC(=O)c1c(C)[nH]c(C(=O)OCc2csc(-c3cccc(OC)c3)n2)c1C. The quantitative estimate of drug-likeness (QED) is 0.631. The van der Waals surface area contributed by atoms with E-state index in [9.17, 15) is 9.59 Å². The molecule has 0 fully saturated rings. The molecule has 0 saturated heterocycles. The smallest absolute Gasteiger partial charge is 0.355 e. The number of nitrogens with zero attached hydrogens (tertiary/aromatic N) is 1. The summed E-state index contributed by atoms with van der Waals surface area (Å²) in [4.78, 5) is 31.7. The summed E-state index contributed by atoms with van der Waals surface area (Å²) in [5, 5.41) is 2.65. The normalized spacial score (nSPS) is 10.6. The maximum atomic E-state index is 12.4. The van der Waals surface area contributed by atoms with Crippen LogP contribution in [0.3, 0.4) is 0 Å². The topological polar surface area (TPSA) is 90.5 Å². The number of thiazole rings is 1. The van der Waals surface area contributed by atoms with E-state index in [2.05, 4.69) is 9.97 Å². The molecule has 0 unspecified atom stereocenters. The van der Waals surface area contributed by atoms with Gasteiger partial charge in [-0.05, 0) is 31.5 Å². The van der Waals surface area contributed by atoms with Crippen LogP contribution < -0.4 is 4.74 Å². The molecule has 2 heterocycles. The van der Waals surface area contributed by atoms with E-state index >= 15 is 0 Å². The van der Waals surface area contributed by atoms with Gasteiger partial charge in [-0.15, -0.1) is 11.3 Å². The molecule has 0 saturated carbocycles. The lowest BCUT2D eigenvalue weighted by molar-refractivity contribution is 0.0461. The van der Waals surface area contributed by atoms with Gasteiger partial charge in [0.15, 0.2) is 0 Å². The summed E-state index contributed by atoms with van der Waals surface area (Å²) in [5.41, 5.74) is 3.23. The van der Waals surface area contributed by atoms with Crippen molar-refractivity contribution >= 4 is 23.3 Å². The lowest BCUT2D eigenvalue weighted by Gasteiger charge is -2.03. The fourth-order valence-electron chi connectivity index (χ4n) is 2.84. The lowest BCUT2D eigenvalue weighted by Crippen LogP contribution is -2.08. The minimum Gasteiger partial charge on any atom is -0.497 e. The average molecular weight is 400 g/mol. The van der Waals surface area contributed by atoms with Crippen LogP contribution in [0.15, 0.2) is 29.6 Å². The number of aromatic nitrogens is 2. The monoisotopic (exact) mass is 400 g/mol. The summed E-state index contributed by atoms with van der Waals surface area (Å²) in [6, 6.07) is 7.60. The van der Waals surface area contributed by atoms with Crippen LogP contribution in [-0.2, 0) is 16.1 Å². The molecule has 0 aliphatic heterocycles. The molecule has 146 valence electrons. The van der Waals surface area contributed by atoms with Crippen molar-refractivity contribution in [2.24, 2.45) is 0 Å². The molecule has 2 aromatic heterocycles. The van der Waals surface area contributed by atoms with Gasteiger partial charge in [0.05, 0.1) is 25.5 Å². The molecule has 0 aliphatic rings. The van der Waals surface area contributed by atoms with Crippen molar-refractivity contribution in [3.63, 3.8) is 0 Å². The van der Waals surface area contributed by atoms with Gasteiger partial charge in [-0.1, -0.05) is 12.1 Å². The maximum Gasteiger partial charge on any atom is 0.355 e. The molecule has 1 aromatic carbocycles. The van der Waals surface area contributed by atoms with Gasteiger partial charge >= 0.3 is 11.9 Å². The van der Waals surface area contributed by atoms with Gasteiger partial charge in [0.2, 0.25) is 0 Å². The Bertz CT molecular complexity index is 1020. The van der Waals surface area contributed by atoms with Crippen LogP contribution in [0.2, 0.25) is 0 Å². The summed E-state index contributed by atoms with van der Waals surface area (Å²) in [6.07, 6.45) is 0. The van der Waals surface area contributed by atoms with E-state index in [1.807, 2.05) is 29.6 Å². The third-order valence-corrected chi connectivity index (χ3v) is 5.19. The van der Waals surface area contributed by atoms with Gasteiger partial charge in [0.25, 0.3) is 0 Å². The highest BCUT2D eigenvalue weighted by molar-refractivity contribution is 7.13. The predicted octanol–water partition coefficient (Wildman–Crippen LogP) is 3.91. The molecule has 8 heteroatoms. The van der Waals surface area contributed by atoms with Crippen LogP contribution in [-0.4, -0.2) is 36.1 Å². The molecule has 3 rings (SSSR count). The van der Waals surface area contributed by atoms with Gasteiger partial charge in [-0.2, -0.15) is 0 Å². The first-order valence-electron chi connectivity index (χ1n) is 8.48. The first kappa shape index (κ1) is 19.6. The number of ether oxygens (including phenoxy) is 3. The zero-order chi connectivity index (χ0) is 20.3. The minimum absolute atomic E-state index is 0.0321. The lowest BCUT2D eigenvalue weighted by atomic mass is 10.1. The van der Waals surface area contributed by atoms with Crippen molar-refractivity contribution in [3.8, 4) is 16.3 Å². The Kier molecular flexibility index (Phi) is 5.79. The number of aromatic amines is 1. The van der Waals surface area contributed by atoms with E-state index in [0.29, 0.717) is 22.5 Å². The molecule has 3 aromatic rings. The minimum atomic E-state index is -0.549. The molecule has 0 atom stereocenters. The van der Waals surface area contributed by atoms with Crippen LogP contribution in [0.5, 0.6) is 5.75 Å². The maximum absolute atomic E-state index is 12.4. The molecule has 0 amide bonds. The summed E-state index contributed by atoms with van der Waals surface area (Å²) in [6.45, 7) is 3.41. The van der Waals surface area contributed by atoms with Crippen molar-refractivity contribution in [2.75, 3.05) is 14.2 Å². The van der Waals surface area contributed by atoms with E-state index in [1.54, 1.807) is 21.0 Å². The third kappa shape index (κ3) is 3.91. The first-order chi connectivity index (χ1) is 13.4. The van der Waals surface area contributed by atoms with E-state index in [0.717, 1.165) is 16.3 Å². The van der Waals surface area contributed by atoms with Gasteiger partial charge in [0, 0.05) is 16.6 Å². The zero-order valence-corrected chi connectivity index (χ0v) is 16.8. The number of aryl methyl sites for hydroxylation is 1. The van der Waals surface area contributed by atoms with Crippen LogP contribution in [0.1, 0.15) is 37.8 Å². The second kappa shape index (κ2) is 8.26. The summed E-state index contributed by atoms with van der Waals surface area (Å²) in [5.74, 6) is -0.293. The number of carbonyl (C=O) groups is 2. The number of H-pyrrole nitrogens is 1. The van der Waals surface area contributed by atoms with E-state index in [4.69, 9.17) is 14.2 Å². The number of hydrogen-bond acceptors (Lipinski definition) is 7. The molecule has 0 bridgehead atoms. The van der Waals surface area contributed by atoms with Crippen molar-refractivity contribution in [1.29, 1.82) is 0 Å². The fraction of sp³-hybridized carbons (Fsp3) is 0.250. The zero-order valence-electron chi connectivity index (χ0n) is 16.0. The van der Waals surface area contributed by atoms with Crippen molar-refractivity contribution in [2.45, 2.75) is 20.5 Å². The predicted molar refractivity (Wildman–Crippen MR) is 105 cm³/mol. The van der Waals surface area contributed by atoms with Crippen LogP contribution in [0.4, 0.5) is 0 Å². The van der Waals surface area contributed by atoms with Crippen molar-refractivity contribution < 1.29 is 23.8 Å². The summed E-state index contributed by atoms with van der Waals surface area (Å²) < 4.78 is 15.4. The number of rotatable bonds is 6. The number of methoxy groups -OCH3 is 2. The van der Waals surface area contributed by atoms with E-state index < -0.39 is 11.9 Å². The molecule has 1 N–H and O–H groups in total. The van der Waals surface area contributed by atoms with Crippen LogP contribution >= 0.6 is 11.3 Å². The summed E-state index contributed by atoms with van der Waals surface area (Å²) in [7, 11) is 2.91. The Morgan fingerprint density at radius 1 is 1.18 bits per heavy atom. The Morgan fingerprint density at radius 3 is 2.68 bits per heavy atom. The fourth-order valence-corrected chi connectivity index (χ4v) is 3.64. The Labute approximate surface area is 166 Å². The van der Waals surface area contributed by atoms with Crippen LogP contribution in [0, 0.1) is 13.8 Å². The Morgan fingerprint density at radius 2 is 1.96 bits per heavy atom. The molecule has 0 aliphatic carbocycles. The number of hydrogen-bond donors (Lipinski definition) is 1. The molecule has 0 radical (unpaired) electrons. The summed E-state index contributed by atoms with van der Waals surface area (Å²) >= 11 is 1.46. The average Bonchev–Trinajstić information content (AvgIpc) is 3.30. The van der Waals surface area contributed by atoms with Crippen molar-refractivity contribution in [3.05, 3.63) is 57.9 Å². The van der Waals surface area contributed by atoms with Gasteiger partial charge in [0.1, 0.15) is 23.1 Å². The highest BCUT2D eigenvalue weighted by atomic mass is 32.1. The third-order valence-electron chi connectivity index (χ3n) is 4.25. The second-order valence-electron chi connectivity index (χ2n) is 6.07. The second-order valence-corrected chi connectivity index (χ2v) is 6.93. The largest absolute Gasteiger partial charge is 0.497 e. The van der Waals surface area contributed by atoms with Gasteiger partial charge in [-0.25, -0.2) is 14.6 Å². The number of nitrogens with one attached hydrogen (secondary N) is 1. The van der Waals surface area contributed by atoms with Gasteiger partial charge in [-0.3, -0.25) is 0 Å². The van der Waals surface area contributed by atoms with Crippen LogP contribution in [0.25, 0.3) is 10.6 Å². The molecular weight excluding hydrogens is 380 g/mol. The number of esters is 2. The molecule has 7 nitrogen and oxygen atoms in total. The Hall–Kier alpha value is -3.13. The standard InChI is InChI=1S/C20H20N2O5S/c1-11-16(19(23)26-4)12(2)21-17(11)20(24)27-9-14-10-28-18(22-14)13-6-5-7-15(8-13)25-3/h5-8,10,21H,9H2,1-4H3. The number of benzene rings is 1. The van der Waals surface area contributed by atoms with E-state index in [1.165, 1.54) is 18.4 Å². The first-order valence-corrected chi connectivity index (χ1v) is 9.36.